The van der Waals surface area contributed by atoms with E-state index in [2.05, 4.69) is 26.0 Å². The van der Waals surface area contributed by atoms with Crippen LogP contribution in [0, 0.1) is 0 Å². The van der Waals surface area contributed by atoms with E-state index in [1.807, 2.05) is 18.2 Å². The minimum atomic E-state index is -0.183. The predicted octanol–water partition coefficient (Wildman–Crippen LogP) is 4.33. The highest BCUT2D eigenvalue weighted by Crippen LogP contribution is 2.33. The fraction of sp³-hybridized carbons (Fsp3) is 0.500. The van der Waals surface area contributed by atoms with Crippen LogP contribution in [0.5, 0.6) is 0 Å². The first-order valence-electron chi connectivity index (χ1n) is 4.91. The Kier molecular flexibility index (Phi) is 3.80. The lowest BCUT2D eigenvalue weighted by atomic mass is 9.95. The Morgan fingerprint density at radius 3 is 2.38 bits per heavy atom. The highest BCUT2D eigenvalue weighted by Gasteiger charge is 2.21. The topological polar surface area (TPSA) is 0 Å². The summed E-state index contributed by atoms with van der Waals surface area (Å²) in [5.74, 6) is 0. The molecule has 0 nitrogen and oxygen atoms in total. The molecule has 1 heteroatoms. The van der Waals surface area contributed by atoms with Gasteiger partial charge in [-0.1, -0.05) is 50.1 Å². The molecular formula is C12H17Cl. The maximum absolute atomic E-state index is 6.44. The van der Waals surface area contributed by atoms with Crippen molar-refractivity contribution < 1.29 is 0 Å². The standard InChI is InChI=1S/C12H17Cl/c1-3-4-10-12(2,13)11-8-6-5-7-9-11/h5-9H,3-4,10H2,1-2H3. The molecule has 1 aromatic rings. The number of benzene rings is 1. The molecule has 0 aliphatic carbocycles. The van der Waals surface area contributed by atoms with E-state index in [0.717, 1.165) is 6.42 Å². The average Bonchev–Trinajstić information content (AvgIpc) is 2.16. The Morgan fingerprint density at radius 1 is 1.23 bits per heavy atom. The Bertz CT molecular complexity index is 239. The average molecular weight is 197 g/mol. The summed E-state index contributed by atoms with van der Waals surface area (Å²) in [7, 11) is 0. The van der Waals surface area contributed by atoms with E-state index < -0.39 is 0 Å². The summed E-state index contributed by atoms with van der Waals surface area (Å²) >= 11 is 6.44. The molecule has 0 N–H and O–H groups in total. The second-order valence-corrected chi connectivity index (χ2v) is 4.50. The molecule has 0 heterocycles. The molecule has 72 valence electrons. The van der Waals surface area contributed by atoms with Crippen molar-refractivity contribution in [2.45, 2.75) is 38.0 Å². The fourth-order valence-corrected chi connectivity index (χ4v) is 1.70. The minimum Gasteiger partial charge on any atom is -0.114 e. The minimum absolute atomic E-state index is 0.183. The zero-order valence-electron chi connectivity index (χ0n) is 8.39. The molecule has 1 aromatic carbocycles. The van der Waals surface area contributed by atoms with Gasteiger partial charge in [-0.2, -0.15) is 0 Å². The summed E-state index contributed by atoms with van der Waals surface area (Å²) in [6.07, 6.45) is 3.44. The number of hydrogen-bond acceptors (Lipinski definition) is 0. The van der Waals surface area contributed by atoms with Gasteiger partial charge in [0.15, 0.2) is 0 Å². The molecule has 0 fully saturated rings. The van der Waals surface area contributed by atoms with Crippen molar-refractivity contribution in [1.29, 1.82) is 0 Å². The van der Waals surface area contributed by atoms with Crippen LogP contribution >= 0.6 is 11.6 Å². The monoisotopic (exact) mass is 196 g/mol. The summed E-state index contributed by atoms with van der Waals surface area (Å²) in [6.45, 7) is 4.29. The second-order valence-electron chi connectivity index (χ2n) is 3.67. The van der Waals surface area contributed by atoms with Crippen molar-refractivity contribution in [3.8, 4) is 0 Å². The number of rotatable bonds is 4. The second kappa shape index (κ2) is 4.66. The van der Waals surface area contributed by atoms with Crippen molar-refractivity contribution in [1.82, 2.24) is 0 Å². The molecule has 0 radical (unpaired) electrons. The molecule has 1 atom stereocenters. The first kappa shape index (κ1) is 10.6. The van der Waals surface area contributed by atoms with Gasteiger partial charge in [0.05, 0.1) is 4.87 Å². The van der Waals surface area contributed by atoms with Gasteiger partial charge >= 0.3 is 0 Å². The van der Waals surface area contributed by atoms with Crippen LogP contribution in [0.4, 0.5) is 0 Å². The van der Waals surface area contributed by atoms with E-state index in [0.29, 0.717) is 0 Å². The zero-order chi connectivity index (χ0) is 9.73. The van der Waals surface area contributed by atoms with Crippen molar-refractivity contribution in [2.24, 2.45) is 0 Å². The molecule has 0 aliphatic rings. The normalized spacial score (nSPS) is 15.3. The quantitative estimate of drug-likeness (QED) is 0.629. The molecule has 0 bridgehead atoms. The van der Waals surface area contributed by atoms with E-state index in [1.54, 1.807) is 0 Å². The van der Waals surface area contributed by atoms with Crippen molar-refractivity contribution in [3.63, 3.8) is 0 Å². The van der Waals surface area contributed by atoms with Crippen LogP contribution in [0.25, 0.3) is 0 Å². The van der Waals surface area contributed by atoms with Crippen molar-refractivity contribution >= 4 is 11.6 Å². The van der Waals surface area contributed by atoms with Gasteiger partial charge in [-0.25, -0.2) is 0 Å². The van der Waals surface area contributed by atoms with E-state index >= 15 is 0 Å². The Labute approximate surface area is 85.9 Å². The van der Waals surface area contributed by atoms with Crippen LogP contribution in [0.2, 0.25) is 0 Å². The summed E-state index contributed by atoms with van der Waals surface area (Å²) in [4.78, 5) is -0.183. The molecule has 13 heavy (non-hydrogen) atoms. The number of unbranched alkanes of at least 4 members (excludes halogenated alkanes) is 1. The first-order chi connectivity index (χ1) is 6.17. The summed E-state index contributed by atoms with van der Waals surface area (Å²) < 4.78 is 0. The molecule has 1 unspecified atom stereocenters. The highest BCUT2D eigenvalue weighted by atomic mass is 35.5. The number of alkyl halides is 1. The van der Waals surface area contributed by atoms with Gasteiger partial charge in [-0.3, -0.25) is 0 Å². The Balaban J connectivity index is 2.69. The molecule has 0 aliphatic heterocycles. The highest BCUT2D eigenvalue weighted by molar-refractivity contribution is 6.23. The van der Waals surface area contributed by atoms with E-state index in [4.69, 9.17) is 11.6 Å². The summed E-state index contributed by atoms with van der Waals surface area (Å²) in [5.41, 5.74) is 1.23. The maximum Gasteiger partial charge on any atom is 0.0666 e. The predicted molar refractivity (Wildman–Crippen MR) is 59.2 cm³/mol. The Hall–Kier alpha value is -0.490. The zero-order valence-corrected chi connectivity index (χ0v) is 9.14. The lowest BCUT2D eigenvalue weighted by molar-refractivity contribution is 0.568. The molecule has 0 spiro atoms. The fourth-order valence-electron chi connectivity index (χ4n) is 1.44. The third-order valence-corrected chi connectivity index (χ3v) is 2.78. The van der Waals surface area contributed by atoms with Crippen LogP contribution in [0.1, 0.15) is 38.7 Å². The largest absolute Gasteiger partial charge is 0.114 e. The summed E-state index contributed by atoms with van der Waals surface area (Å²) in [5, 5.41) is 0. The van der Waals surface area contributed by atoms with Gasteiger partial charge in [-0.15, -0.1) is 11.6 Å². The van der Waals surface area contributed by atoms with E-state index in [9.17, 15) is 0 Å². The molecule has 0 amide bonds. The van der Waals surface area contributed by atoms with Crippen LogP contribution in [0.15, 0.2) is 30.3 Å². The van der Waals surface area contributed by atoms with Gasteiger partial charge < -0.3 is 0 Å². The van der Waals surface area contributed by atoms with Crippen LogP contribution in [-0.2, 0) is 4.87 Å². The molecule has 0 saturated heterocycles. The lowest BCUT2D eigenvalue weighted by Gasteiger charge is -2.22. The lowest BCUT2D eigenvalue weighted by Crippen LogP contribution is -2.12. The van der Waals surface area contributed by atoms with Gasteiger partial charge in [0.1, 0.15) is 0 Å². The molecule has 0 saturated carbocycles. The smallest absolute Gasteiger partial charge is 0.0666 e. The molecular weight excluding hydrogens is 180 g/mol. The van der Waals surface area contributed by atoms with Gasteiger partial charge in [-0.05, 0) is 18.9 Å². The Morgan fingerprint density at radius 2 is 1.85 bits per heavy atom. The van der Waals surface area contributed by atoms with Gasteiger partial charge in [0.25, 0.3) is 0 Å². The van der Waals surface area contributed by atoms with Crippen LogP contribution in [-0.4, -0.2) is 0 Å². The first-order valence-corrected chi connectivity index (χ1v) is 5.29. The van der Waals surface area contributed by atoms with Gasteiger partial charge in [0, 0.05) is 0 Å². The number of hydrogen-bond donors (Lipinski definition) is 0. The summed E-state index contributed by atoms with van der Waals surface area (Å²) in [6, 6.07) is 10.3. The maximum atomic E-state index is 6.44. The number of halogens is 1. The van der Waals surface area contributed by atoms with Crippen LogP contribution in [0.3, 0.4) is 0 Å². The van der Waals surface area contributed by atoms with Crippen LogP contribution < -0.4 is 0 Å². The SMILES string of the molecule is CCCCC(C)(Cl)c1ccccc1. The molecule has 0 aromatic heterocycles. The van der Waals surface area contributed by atoms with E-state index in [1.165, 1.54) is 18.4 Å². The molecule has 1 rings (SSSR count). The third-order valence-electron chi connectivity index (χ3n) is 2.38. The van der Waals surface area contributed by atoms with E-state index in [-0.39, 0.29) is 4.87 Å². The van der Waals surface area contributed by atoms with Crippen molar-refractivity contribution in [2.75, 3.05) is 0 Å². The third kappa shape index (κ3) is 3.04. The van der Waals surface area contributed by atoms with Gasteiger partial charge in [0.2, 0.25) is 0 Å². The van der Waals surface area contributed by atoms with Crippen molar-refractivity contribution in [3.05, 3.63) is 35.9 Å².